The van der Waals surface area contributed by atoms with Crippen LogP contribution in [-0.2, 0) is 0 Å². The van der Waals surface area contributed by atoms with Gasteiger partial charge in [0.2, 0.25) is 5.89 Å². The van der Waals surface area contributed by atoms with Gasteiger partial charge in [-0.3, -0.25) is 0 Å². The van der Waals surface area contributed by atoms with Crippen molar-refractivity contribution < 1.29 is 4.42 Å². The monoisotopic (exact) mass is 598 g/mol. The SMILES string of the molecule is N#Cc1cc(-c2ccc3c4ccccc4c4ccccc4c3c2)cc(-c2ccc(-c3ccc(-c4ncco4)cc3)c3ccccc23)c1. The summed E-state index contributed by atoms with van der Waals surface area (Å²) in [4.78, 5) is 4.28. The summed E-state index contributed by atoms with van der Waals surface area (Å²) < 4.78 is 5.48. The highest BCUT2D eigenvalue weighted by atomic mass is 16.3. The molecule has 1 heterocycles. The first-order valence-electron chi connectivity index (χ1n) is 15.7. The lowest BCUT2D eigenvalue weighted by molar-refractivity contribution is 0.574. The van der Waals surface area contributed by atoms with Gasteiger partial charge in [-0.15, -0.1) is 0 Å². The number of benzene rings is 8. The number of nitrogens with zero attached hydrogens (tertiary/aromatic N) is 2. The largest absolute Gasteiger partial charge is 0.445 e. The number of oxazole rings is 1. The van der Waals surface area contributed by atoms with Crippen LogP contribution >= 0.6 is 0 Å². The van der Waals surface area contributed by atoms with Crippen molar-refractivity contribution in [2.45, 2.75) is 0 Å². The van der Waals surface area contributed by atoms with Gasteiger partial charge in [-0.05, 0) is 113 Å². The minimum absolute atomic E-state index is 0.609. The lowest BCUT2D eigenvalue weighted by Crippen LogP contribution is -1.90. The molecule has 0 radical (unpaired) electrons. The third kappa shape index (κ3) is 4.47. The molecule has 3 heteroatoms. The molecule has 47 heavy (non-hydrogen) atoms. The van der Waals surface area contributed by atoms with E-state index in [1.54, 1.807) is 12.5 Å². The summed E-state index contributed by atoms with van der Waals surface area (Å²) in [6.07, 6.45) is 3.25. The van der Waals surface area contributed by atoms with Gasteiger partial charge in [0.15, 0.2) is 0 Å². The quantitative estimate of drug-likeness (QED) is 0.189. The van der Waals surface area contributed by atoms with Gasteiger partial charge in [0.1, 0.15) is 6.26 Å². The van der Waals surface area contributed by atoms with Crippen molar-refractivity contribution in [1.82, 2.24) is 4.98 Å². The van der Waals surface area contributed by atoms with Gasteiger partial charge in [-0.25, -0.2) is 4.98 Å². The van der Waals surface area contributed by atoms with Crippen LogP contribution in [-0.4, -0.2) is 4.98 Å². The lowest BCUT2D eigenvalue weighted by atomic mass is 9.89. The number of nitriles is 1. The summed E-state index contributed by atoms with van der Waals surface area (Å²) in [5.41, 5.74) is 8.06. The first-order chi connectivity index (χ1) is 23.2. The van der Waals surface area contributed by atoms with Crippen LogP contribution < -0.4 is 0 Å². The zero-order valence-corrected chi connectivity index (χ0v) is 25.3. The van der Waals surface area contributed by atoms with Crippen LogP contribution in [0.2, 0.25) is 0 Å². The Morgan fingerprint density at radius 1 is 0.426 bits per heavy atom. The molecule has 9 rings (SSSR count). The Balaban J connectivity index is 1.19. The highest BCUT2D eigenvalue weighted by Gasteiger charge is 2.14. The van der Waals surface area contributed by atoms with E-state index in [0.717, 1.165) is 49.7 Å². The molecule has 1 aromatic heterocycles. The van der Waals surface area contributed by atoms with E-state index < -0.39 is 0 Å². The van der Waals surface area contributed by atoms with E-state index in [2.05, 4.69) is 132 Å². The molecule has 0 spiro atoms. The average molecular weight is 599 g/mol. The number of hydrogen-bond acceptors (Lipinski definition) is 3. The van der Waals surface area contributed by atoms with Gasteiger partial charge in [-0.2, -0.15) is 5.26 Å². The van der Waals surface area contributed by atoms with Gasteiger partial charge < -0.3 is 4.42 Å². The Hall–Kier alpha value is -6.50. The third-order valence-corrected chi connectivity index (χ3v) is 9.25. The maximum absolute atomic E-state index is 10.1. The second kappa shape index (κ2) is 10.8. The Morgan fingerprint density at radius 3 is 1.53 bits per heavy atom. The first kappa shape index (κ1) is 26.9. The Bertz CT molecular complexity index is 2640. The van der Waals surface area contributed by atoms with Crippen molar-refractivity contribution in [3.05, 3.63) is 164 Å². The van der Waals surface area contributed by atoms with Crippen molar-refractivity contribution in [1.29, 1.82) is 5.26 Å². The summed E-state index contributed by atoms with van der Waals surface area (Å²) >= 11 is 0. The van der Waals surface area contributed by atoms with Gasteiger partial charge in [0.05, 0.1) is 17.8 Å². The number of hydrogen-bond donors (Lipinski definition) is 0. The fourth-order valence-electron chi connectivity index (χ4n) is 7.06. The third-order valence-electron chi connectivity index (χ3n) is 9.25. The molecule has 9 aromatic rings. The molecule has 3 nitrogen and oxygen atoms in total. The van der Waals surface area contributed by atoms with Gasteiger partial charge in [-0.1, -0.05) is 109 Å². The zero-order chi connectivity index (χ0) is 31.3. The predicted octanol–water partition coefficient (Wildman–Crippen LogP) is 11.8. The van der Waals surface area contributed by atoms with Crippen molar-refractivity contribution in [3.8, 4) is 50.9 Å². The van der Waals surface area contributed by atoms with E-state index in [-0.39, 0.29) is 0 Å². The maximum Gasteiger partial charge on any atom is 0.225 e. The maximum atomic E-state index is 10.1. The van der Waals surface area contributed by atoms with Crippen LogP contribution in [0.3, 0.4) is 0 Å². The van der Waals surface area contributed by atoms with Gasteiger partial charge in [0.25, 0.3) is 0 Å². The van der Waals surface area contributed by atoms with Crippen molar-refractivity contribution >= 4 is 43.1 Å². The molecule has 0 aliphatic rings. The smallest absolute Gasteiger partial charge is 0.225 e. The first-order valence-corrected chi connectivity index (χ1v) is 15.7. The minimum atomic E-state index is 0.609. The molecule has 0 N–H and O–H groups in total. The number of fused-ring (bicyclic) bond motifs is 7. The van der Waals surface area contributed by atoms with E-state index in [1.807, 2.05) is 24.3 Å². The van der Waals surface area contributed by atoms with E-state index in [1.165, 1.54) is 32.3 Å². The summed E-state index contributed by atoms with van der Waals surface area (Å²) in [5, 5.41) is 19.9. The molecule has 0 aliphatic heterocycles. The Morgan fingerprint density at radius 2 is 0.936 bits per heavy atom. The van der Waals surface area contributed by atoms with Crippen LogP contribution in [0.4, 0.5) is 0 Å². The molecule has 218 valence electrons. The van der Waals surface area contributed by atoms with Crippen molar-refractivity contribution in [2.75, 3.05) is 0 Å². The number of aromatic nitrogens is 1. The topological polar surface area (TPSA) is 49.8 Å². The predicted molar refractivity (Wildman–Crippen MR) is 193 cm³/mol. The number of rotatable bonds is 4. The van der Waals surface area contributed by atoms with Crippen LogP contribution in [0.25, 0.3) is 87.9 Å². The van der Waals surface area contributed by atoms with Crippen LogP contribution in [0, 0.1) is 11.3 Å². The van der Waals surface area contributed by atoms with Gasteiger partial charge in [0, 0.05) is 5.56 Å². The molecule has 0 bridgehead atoms. The molecule has 8 aromatic carbocycles. The van der Waals surface area contributed by atoms with E-state index >= 15 is 0 Å². The second-order valence-corrected chi connectivity index (χ2v) is 11.9. The highest BCUT2D eigenvalue weighted by Crippen LogP contribution is 2.40. The average Bonchev–Trinajstić information content (AvgIpc) is 3.70. The second-order valence-electron chi connectivity index (χ2n) is 11.9. The molecule has 0 amide bonds. The standard InChI is InChI=1S/C44H26N2O/c45-27-28-23-32(31-17-18-42-40-11-4-3-9-38(40)39-10-5-6-12-41(39)43(42)26-31)25-33(24-28)35-20-19-34(36-7-1-2-8-37(35)36)29-13-15-30(16-14-29)44-46-21-22-47-44/h1-26H. The molecular formula is C44H26N2O. The highest BCUT2D eigenvalue weighted by molar-refractivity contribution is 6.25. The van der Waals surface area contributed by atoms with Crippen molar-refractivity contribution in [3.63, 3.8) is 0 Å². The molecule has 0 atom stereocenters. The summed E-state index contributed by atoms with van der Waals surface area (Å²) in [7, 11) is 0. The molecular weight excluding hydrogens is 572 g/mol. The van der Waals surface area contributed by atoms with Crippen molar-refractivity contribution in [2.24, 2.45) is 0 Å². The molecule has 0 aliphatic carbocycles. The molecule has 0 unspecified atom stereocenters. The molecule has 0 saturated heterocycles. The molecule has 0 saturated carbocycles. The Labute approximate surface area is 271 Å². The van der Waals surface area contributed by atoms with Gasteiger partial charge >= 0.3 is 0 Å². The van der Waals surface area contributed by atoms with E-state index in [9.17, 15) is 5.26 Å². The Kier molecular flexibility index (Phi) is 6.19. The summed E-state index contributed by atoms with van der Waals surface area (Å²) in [6.45, 7) is 0. The zero-order valence-electron chi connectivity index (χ0n) is 25.3. The normalized spacial score (nSPS) is 11.4. The molecule has 0 fully saturated rings. The van der Waals surface area contributed by atoms with Crippen LogP contribution in [0.5, 0.6) is 0 Å². The fourth-order valence-corrected chi connectivity index (χ4v) is 7.06. The van der Waals surface area contributed by atoms with E-state index in [0.29, 0.717) is 11.5 Å². The summed E-state index contributed by atoms with van der Waals surface area (Å²) in [6, 6.07) is 53.8. The van der Waals surface area contributed by atoms with Crippen LogP contribution in [0.15, 0.2) is 162 Å². The van der Waals surface area contributed by atoms with Crippen LogP contribution in [0.1, 0.15) is 5.56 Å². The van der Waals surface area contributed by atoms with E-state index in [4.69, 9.17) is 4.42 Å². The lowest BCUT2D eigenvalue weighted by Gasteiger charge is -2.15. The fraction of sp³-hybridized carbons (Fsp3) is 0. The summed E-state index contributed by atoms with van der Waals surface area (Å²) in [5.74, 6) is 0.609. The minimum Gasteiger partial charge on any atom is -0.445 e.